The summed E-state index contributed by atoms with van der Waals surface area (Å²) in [6, 6.07) is 98.1. The van der Waals surface area contributed by atoms with Gasteiger partial charge in [0.1, 0.15) is 0 Å². The van der Waals surface area contributed by atoms with E-state index in [1.54, 1.807) is 0 Å². The molecule has 11 aromatic carbocycles. The van der Waals surface area contributed by atoms with Crippen LogP contribution in [0.3, 0.4) is 0 Å². The third-order valence-corrected chi connectivity index (χ3v) is 15.1. The Morgan fingerprint density at radius 1 is 0.291 bits per heavy atom. The highest BCUT2D eigenvalue weighted by atomic mass is 15.1. The highest BCUT2D eigenvalue weighted by Gasteiger charge is 2.21. The lowest BCUT2D eigenvalue weighted by atomic mass is 9.92. The monoisotopic (exact) mass is 1020 g/mol. The van der Waals surface area contributed by atoms with Gasteiger partial charge < -0.3 is 14.4 Å². The zero-order valence-corrected chi connectivity index (χ0v) is 44.7. The molecule has 2 aromatic heterocycles. The van der Waals surface area contributed by atoms with E-state index in [1.807, 2.05) is 0 Å². The van der Waals surface area contributed by atoms with Crippen LogP contribution in [0.4, 0.5) is 34.1 Å². The molecule has 2 heterocycles. The van der Waals surface area contributed by atoms with Crippen molar-refractivity contribution in [2.45, 2.75) is 27.7 Å². The van der Waals surface area contributed by atoms with Crippen molar-refractivity contribution < 1.29 is 0 Å². The van der Waals surface area contributed by atoms with Crippen molar-refractivity contribution in [3.63, 3.8) is 0 Å². The first-order valence-electron chi connectivity index (χ1n) is 27.0. The third kappa shape index (κ3) is 9.53. The molecule has 0 fully saturated rings. The van der Waals surface area contributed by atoms with Crippen molar-refractivity contribution in [1.82, 2.24) is 14.5 Å². The van der Waals surface area contributed by atoms with Gasteiger partial charge in [0.2, 0.25) is 0 Å². The van der Waals surface area contributed by atoms with Crippen LogP contribution in [0, 0.1) is 27.7 Å². The summed E-state index contributed by atoms with van der Waals surface area (Å²) in [5.41, 5.74) is 24.4. The first kappa shape index (κ1) is 48.5. The summed E-state index contributed by atoms with van der Waals surface area (Å²) in [6.45, 7) is 8.64. The fourth-order valence-corrected chi connectivity index (χ4v) is 11.4. The Morgan fingerprint density at radius 3 is 1.15 bits per heavy atom. The van der Waals surface area contributed by atoms with Crippen LogP contribution in [0.1, 0.15) is 22.3 Å². The summed E-state index contributed by atoms with van der Waals surface area (Å²) in [6.07, 6.45) is 0. The van der Waals surface area contributed by atoms with E-state index >= 15 is 0 Å². The lowest BCUT2D eigenvalue weighted by molar-refractivity contribution is 1.17. The SMILES string of the molecule is Cc1cccc(-c2cc(-c3c(C)cc(-c4ccc(-c5ccc(-n6c7ccc(N(c8ccccc8)c8ccccc8)cc7c7cc(N(c8ccccc8)c8ccccc8)ccc76)cc5)cc4)cc3C)nc(-c3cccc(C)c3)n2)c1. The van der Waals surface area contributed by atoms with Crippen molar-refractivity contribution >= 4 is 55.9 Å². The van der Waals surface area contributed by atoms with Crippen molar-refractivity contribution in [3.05, 3.63) is 295 Å². The third-order valence-electron chi connectivity index (χ3n) is 15.1. The Labute approximate surface area is 462 Å². The molecular weight excluding hydrogens is 959 g/mol. The molecular formula is C74H57N5. The van der Waals surface area contributed by atoms with E-state index in [9.17, 15) is 0 Å². The van der Waals surface area contributed by atoms with E-state index in [0.717, 1.165) is 95.9 Å². The van der Waals surface area contributed by atoms with Gasteiger partial charge >= 0.3 is 0 Å². The molecule has 79 heavy (non-hydrogen) atoms. The average molecular weight is 1020 g/mol. The molecule has 13 rings (SSSR count). The van der Waals surface area contributed by atoms with E-state index in [4.69, 9.17) is 9.97 Å². The van der Waals surface area contributed by atoms with Gasteiger partial charge in [-0.05, 0) is 176 Å². The van der Waals surface area contributed by atoms with Crippen LogP contribution < -0.4 is 9.80 Å². The summed E-state index contributed by atoms with van der Waals surface area (Å²) in [4.78, 5) is 15.0. The smallest absolute Gasteiger partial charge is 0.160 e. The molecule has 5 nitrogen and oxygen atoms in total. The molecule has 0 amide bonds. The lowest BCUT2D eigenvalue weighted by Gasteiger charge is -2.26. The normalized spacial score (nSPS) is 11.3. The maximum atomic E-state index is 5.23. The van der Waals surface area contributed by atoms with Gasteiger partial charge in [0.25, 0.3) is 0 Å². The van der Waals surface area contributed by atoms with Gasteiger partial charge in [-0.2, -0.15) is 0 Å². The maximum absolute atomic E-state index is 5.23. The molecule has 5 heteroatoms. The van der Waals surface area contributed by atoms with Crippen LogP contribution in [-0.2, 0) is 0 Å². The average Bonchev–Trinajstić information content (AvgIpc) is 4.06. The lowest BCUT2D eigenvalue weighted by Crippen LogP contribution is -2.09. The number of aromatic nitrogens is 3. The molecule has 0 saturated heterocycles. The van der Waals surface area contributed by atoms with Crippen LogP contribution in [-0.4, -0.2) is 14.5 Å². The Hall–Kier alpha value is -10.1. The van der Waals surface area contributed by atoms with Crippen molar-refractivity contribution in [3.8, 4) is 61.8 Å². The summed E-state index contributed by atoms with van der Waals surface area (Å²) >= 11 is 0. The van der Waals surface area contributed by atoms with E-state index < -0.39 is 0 Å². The van der Waals surface area contributed by atoms with Crippen LogP contribution >= 0.6 is 0 Å². The molecule has 0 atom stereocenters. The predicted molar refractivity (Wildman–Crippen MR) is 332 cm³/mol. The number of nitrogens with zero attached hydrogens (tertiary/aromatic N) is 5. The molecule has 0 unspecified atom stereocenters. The second kappa shape index (κ2) is 20.8. The molecule has 0 saturated carbocycles. The summed E-state index contributed by atoms with van der Waals surface area (Å²) < 4.78 is 2.42. The number of para-hydroxylation sites is 4. The van der Waals surface area contributed by atoms with Gasteiger partial charge in [-0.3, -0.25) is 0 Å². The molecule has 13 aromatic rings. The highest BCUT2D eigenvalue weighted by Crippen LogP contribution is 2.43. The second-order valence-electron chi connectivity index (χ2n) is 20.6. The van der Waals surface area contributed by atoms with Gasteiger partial charge in [-0.15, -0.1) is 0 Å². The molecule has 0 aliphatic carbocycles. The topological polar surface area (TPSA) is 37.2 Å². The van der Waals surface area contributed by atoms with Crippen LogP contribution in [0.2, 0.25) is 0 Å². The van der Waals surface area contributed by atoms with E-state index in [-0.39, 0.29) is 0 Å². The Balaban J connectivity index is 0.857. The number of anilines is 6. The largest absolute Gasteiger partial charge is 0.310 e. The fourth-order valence-electron chi connectivity index (χ4n) is 11.4. The first-order chi connectivity index (χ1) is 38.8. The number of hydrogen-bond donors (Lipinski definition) is 0. The van der Waals surface area contributed by atoms with Crippen LogP contribution in [0.5, 0.6) is 0 Å². The molecule has 0 bridgehead atoms. The van der Waals surface area contributed by atoms with Gasteiger partial charge in [0.15, 0.2) is 5.82 Å². The molecule has 0 aliphatic rings. The van der Waals surface area contributed by atoms with Crippen molar-refractivity contribution in [2.24, 2.45) is 0 Å². The van der Waals surface area contributed by atoms with Gasteiger partial charge in [-0.25, -0.2) is 9.97 Å². The Bertz CT molecular complexity index is 4020. The minimum Gasteiger partial charge on any atom is -0.310 e. The Kier molecular flexibility index (Phi) is 12.8. The molecule has 0 spiro atoms. The van der Waals surface area contributed by atoms with Crippen LogP contribution in [0.15, 0.2) is 273 Å². The zero-order valence-electron chi connectivity index (χ0n) is 44.7. The quantitative estimate of drug-likeness (QED) is 0.122. The maximum Gasteiger partial charge on any atom is 0.160 e. The van der Waals surface area contributed by atoms with E-state index in [0.29, 0.717) is 0 Å². The van der Waals surface area contributed by atoms with Crippen molar-refractivity contribution in [2.75, 3.05) is 9.80 Å². The van der Waals surface area contributed by atoms with Gasteiger partial charge in [0, 0.05) is 67.3 Å². The number of rotatable bonds is 12. The molecule has 378 valence electrons. The summed E-state index contributed by atoms with van der Waals surface area (Å²) in [5.74, 6) is 0.728. The molecule has 0 radical (unpaired) electrons. The fraction of sp³-hybridized carbons (Fsp3) is 0.0541. The van der Waals surface area contributed by atoms with Crippen molar-refractivity contribution in [1.29, 1.82) is 0 Å². The van der Waals surface area contributed by atoms with E-state index in [1.165, 1.54) is 44.2 Å². The molecule has 0 N–H and O–H groups in total. The standard InChI is InChI=1S/C74H57N5/c1-50-19-17-21-57(43-50)69-49-70(76-74(75-69)58-22-18-20-51(2)44-58)73-52(3)45-59(46-53(73)4)56-33-31-54(32-34-56)55-35-37-64(38-36-55)79-71-41-39-65(77(60-23-9-5-10-24-60)61-25-11-6-12-26-61)47-67(71)68-48-66(40-42-72(68)79)78(62-27-13-7-14-28-62)63-29-15-8-16-30-63/h5-49H,1-4H3. The number of fused-ring (bicyclic) bond motifs is 3. The summed E-state index contributed by atoms with van der Waals surface area (Å²) in [7, 11) is 0. The minimum absolute atomic E-state index is 0.728. The number of hydrogen-bond acceptors (Lipinski definition) is 4. The first-order valence-corrected chi connectivity index (χ1v) is 27.0. The van der Waals surface area contributed by atoms with Gasteiger partial charge in [-0.1, -0.05) is 169 Å². The summed E-state index contributed by atoms with van der Waals surface area (Å²) in [5, 5.41) is 2.34. The van der Waals surface area contributed by atoms with Crippen LogP contribution in [0.25, 0.3) is 83.6 Å². The van der Waals surface area contributed by atoms with E-state index in [2.05, 4.69) is 315 Å². The Morgan fingerprint density at radius 2 is 0.696 bits per heavy atom. The predicted octanol–water partition coefficient (Wildman–Crippen LogP) is 20.1. The minimum atomic E-state index is 0.728. The molecule has 0 aliphatic heterocycles. The number of benzene rings is 11. The zero-order chi connectivity index (χ0) is 53.4. The highest BCUT2D eigenvalue weighted by molar-refractivity contribution is 6.12. The number of aryl methyl sites for hydroxylation is 4. The second-order valence-corrected chi connectivity index (χ2v) is 20.6. The van der Waals surface area contributed by atoms with Gasteiger partial charge in [0.05, 0.1) is 22.4 Å².